The van der Waals surface area contributed by atoms with Crippen LogP contribution in [0.4, 0.5) is 0 Å². The fourth-order valence-electron chi connectivity index (χ4n) is 5.30. The molecule has 0 bridgehead atoms. The van der Waals surface area contributed by atoms with Crippen molar-refractivity contribution in [1.82, 2.24) is 19.8 Å². The summed E-state index contributed by atoms with van der Waals surface area (Å²) in [5.41, 5.74) is 5.92. The van der Waals surface area contributed by atoms with Gasteiger partial charge in [0.15, 0.2) is 5.11 Å². The molecule has 7 nitrogen and oxygen atoms in total. The number of pyridine rings is 1. The van der Waals surface area contributed by atoms with Crippen molar-refractivity contribution >= 4 is 23.3 Å². The van der Waals surface area contributed by atoms with Crippen LogP contribution in [0.1, 0.15) is 57.9 Å². The number of rotatable bonds is 6. The molecular formula is C27H30N4O3S. The number of hydrogen-bond donors (Lipinski definition) is 1. The first-order chi connectivity index (χ1) is 17.0. The molecule has 2 aromatic heterocycles. The number of nitrogens with one attached hydrogen (secondary N) is 1. The van der Waals surface area contributed by atoms with Crippen molar-refractivity contribution in [1.29, 1.82) is 0 Å². The maximum atomic E-state index is 11.9. The number of methoxy groups -OCH3 is 1. The molecule has 35 heavy (non-hydrogen) atoms. The number of aryl methyl sites for hydroxylation is 1. The summed E-state index contributed by atoms with van der Waals surface area (Å²) in [5.74, 6) is -0.341. The Balaban J connectivity index is 1.55. The van der Waals surface area contributed by atoms with Gasteiger partial charge in [-0.3, -0.25) is 4.98 Å². The van der Waals surface area contributed by atoms with Gasteiger partial charge in [-0.25, -0.2) is 4.79 Å². The van der Waals surface area contributed by atoms with Gasteiger partial charge in [-0.2, -0.15) is 0 Å². The van der Waals surface area contributed by atoms with Crippen LogP contribution in [-0.4, -0.2) is 51.9 Å². The molecule has 0 saturated carbocycles. The quantitative estimate of drug-likeness (QED) is 0.405. The number of hydrogen-bond acceptors (Lipinski definition) is 5. The minimum Gasteiger partial charge on any atom is -0.465 e. The SMILES string of the molecule is COC(=O)c1ccc(-n2c(C)cc([C@H]3[C@H](c4ccccn4)NC(=S)N3C[C@@H]3CCCO3)c2C)cc1. The molecule has 0 unspecified atom stereocenters. The van der Waals surface area contributed by atoms with Crippen LogP contribution in [0.3, 0.4) is 0 Å². The Morgan fingerprint density at radius 2 is 2.03 bits per heavy atom. The Morgan fingerprint density at radius 3 is 2.69 bits per heavy atom. The second-order valence-corrected chi connectivity index (χ2v) is 9.50. The van der Waals surface area contributed by atoms with E-state index in [2.05, 4.69) is 39.7 Å². The van der Waals surface area contributed by atoms with Crippen molar-refractivity contribution < 1.29 is 14.3 Å². The molecule has 4 heterocycles. The molecule has 0 amide bonds. The third-order valence-corrected chi connectivity index (χ3v) is 7.31. The van der Waals surface area contributed by atoms with Gasteiger partial charge in [0.05, 0.1) is 36.6 Å². The van der Waals surface area contributed by atoms with Crippen LogP contribution in [0.5, 0.6) is 0 Å². The molecule has 2 fully saturated rings. The predicted molar refractivity (Wildman–Crippen MR) is 138 cm³/mol. The van der Waals surface area contributed by atoms with E-state index in [9.17, 15) is 4.79 Å². The number of esters is 1. The number of carbonyl (C=O) groups excluding carboxylic acids is 1. The minimum atomic E-state index is -0.341. The zero-order chi connectivity index (χ0) is 24.5. The number of ether oxygens (including phenoxy) is 2. The fourth-order valence-corrected chi connectivity index (χ4v) is 5.61. The van der Waals surface area contributed by atoms with E-state index < -0.39 is 0 Å². The van der Waals surface area contributed by atoms with E-state index in [0.717, 1.165) is 53.9 Å². The Kier molecular flexibility index (Phi) is 6.58. The van der Waals surface area contributed by atoms with Gasteiger partial charge in [0.25, 0.3) is 0 Å². The van der Waals surface area contributed by atoms with E-state index in [1.54, 1.807) is 12.1 Å². The predicted octanol–water partition coefficient (Wildman–Crippen LogP) is 4.43. The third kappa shape index (κ3) is 4.44. The van der Waals surface area contributed by atoms with Gasteiger partial charge in [0.1, 0.15) is 0 Å². The van der Waals surface area contributed by atoms with Gasteiger partial charge in [0.2, 0.25) is 0 Å². The molecule has 0 aliphatic carbocycles. The summed E-state index contributed by atoms with van der Waals surface area (Å²) in [6.45, 7) is 5.80. The van der Waals surface area contributed by atoms with E-state index in [4.69, 9.17) is 21.7 Å². The lowest BCUT2D eigenvalue weighted by molar-refractivity contribution is 0.0600. The monoisotopic (exact) mass is 490 g/mol. The second-order valence-electron chi connectivity index (χ2n) is 9.11. The van der Waals surface area contributed by atoms with E-state index in [1.165, 1.54) is 12.7 Å². The highest BCUT2D eigenvalue weighted by Crippen LogP contribution is 2.42. The molecule has 1 aromatic carbocycles. The molecule has 0 radical (unpaired) electrons. The van der Waals surface area contributed by atoms with E-state index in [0.29, 0.717) is 5.56 Å². The Labute approximate surface area is 211 Å². The lowest BCUT2D eigenvalue weighted by Gasteiger charge is -2.30. The van der Waals surface area contributed by atoms with Crippen molar-refractivity contribution in [3.8, 4) is 5.69 Å². The minimum absolute atomic E-state index is 0.0177. The Morgan fingerprint density at radius 1 is 1.23 bits per heavy atom. The smallest absolute Gasteiger partial charge is 0.337 e. The normalized spacial score (nSPS) is 21.9. The summed E-state index contributed by atoms with van der Waals surface area (Å²) in [7, 11) is 1.39. The highest BCUT2D eigenvalue weighted by atomic mass is 32.1. The molecule has 5 rings (SSSR count). The van der Waals surface area contributed by atoms with Crippen molar-refractivity contribution in [2.45, 2.75) is 44.9 Å². The summed E-state index contributed by atoms with van der Waals surface area (Å²) in [5, 5.41) is 4.27. The van der Waals surface area contributed by atoms with Crippen molar-refractivity contribution in [2.24, 2.45) is 0 Å². The lowest BCUT2D eigenvalue weighted by Crippen LogP contribution is -2.36. The molecular weight excluding hydrogens is 460 g/mol. The lowest BCUT2D eigenvalue weighted by atomic mass is 9.96. The van der Waals surface area contributed by atoms with Gasteiger partial charge < -0.3 is 24.3 Å². The van der Waals surface area contributed by atoms with E-state index >= 15 is 0 Å². The topological polar surface area (TPSA) is 68.6 Å². The van der Waals surface area contributed by atoms with Crippen LogP contribution >= 0.6 is 12.2 Å². The zero-order valence-electron chi connectivity index (χ0n) is 20.2. The largest absolute Gasteiger partial charge is 0.465 e. The van der Waals surface area contributed by atoms with Crippen LogP contribution in [-0.2, 0) is 9.47 Å². The highest BCUT2D eigenvalue weighted by Gasteiger charge is 2.42. The van der Waals surface area contributed by atoms with Crippen molar-refractivity contribution in [2.75, 3.05) is 20.3 Å². The molecule has 2 saturated heterocycles. The Hall–Kier alpha value is -3.23. The maximum absolute atomic E-state index is 11.9. The summed E-state index contributed by atoms with van der Waals surface area (Å²) in [6.07, 6.45) is 4.13. The number of carbonyl (C=O) groups is 1. The number of nitrogens with zero attached hydrogens (tertiary/aromatic N) is 3. The van der Waals surface area contributed by atoms with Gasteiger partial charge in [-0.15, -0.1) is 0 Å². The molecule has 8 heteroatoms. The summed E-state index contributed by atoms with van der Waals surface area (Å²) in [4.78, 5) is 18.8. The average molecular weight is 491 g/mol. The van der Waals surface area contributed by atoms with Crippen molar-refractivity contribution in [3.05, 3.63) is 82.9 Å². The Bertz CT molecular complexity index is 1220. The molecule has 3 atom stereocenters. The van der Waals surface area contributed by atoms with Crippen LogP contribution in [0, 0.1) is 13.8 Å². The number of aromatic nitrogens is 2. The van der Waals surface area contributed by atoms with Crippen LogP contribution < -0.4 is 5.32 Å². The van der Waals surface area contributed by atoms with Gasteiger partial charge in [-0.1, -0.05) is 6.07 Å². The molecule has 1 N–H and O–H groups in total. The number of benzene rings is 1. The van der Waals surface area contributed by atoms with Gasteiger partial charge >= 0.3 is 5.97 Å². The van der Waals surface area contributed by atoms with E-state index in [1.807, 2.05) is 36.5 Å². The summed E-state index contributed by atoms with van der Waals surface area (Å²) in [6, 6.07) is 15.6. The first-order valence-corrected chi connectivity index (χ1v) is 12.4. The average Bonchev–Trinajstić information content (AvgIpc) is 3.58. The summed E-state index contributed by atoms with van der Waals surface area (Å²) < 4.78 is 13.0. The van der Waals surface area contributed by atoms with Crippen LogP contribution in [0.25, 0.3) is 5.69 Å². The van der Waals surface area contributed by atoms with Gasteiger partial charge in [0, 0.05) is 36.4 Å². The molecule has 182 valence electrons. The van der Waals surface area contributed by atoms with E-state index in [-0.39, 0.29) is 24.2 Å². The molecule has 2 aliphatic rings. The third-order valence-electron chi connectivity index (χ3n) is 6.96. The fraction of sp³-hybridized carbons (Fsp3) is 0.370. The maximum Gasteiger partial charge on any atom is 0.337 e. The number of thiocarbonyl (C=S) groups is 1. The van der Waals surface area contributed by atoms with Crippen LogP contribution in [0.2, 0.25) is 0 Å². The first-order valence-electron chi connectivity index (χ1n) is 11.9. The second kappa shape index (κ2) is 9.79. The van der Waals surface area contributed by atoms with Crippen molar-refractivity contribution in [3.63, 3.8) is 0 Å². The van der Waals surface area contributed by atoms with Gasteiger partial charge in [-0.05, 0) is 86.9 Å². The summed E-state index contributed by atoms with van der Waals surface area (Å²) >= 11 is 5.84. The van der Waals surface area contributed by atoms with Crippen LogP contribution in [0.15, 0.2) is 54.7 Å². The molecule has 3 aromatic rings. The standard InChI is InChI=1S/C27H30N4O3S/c1-17-15-22(18(2)31(17)20-11-9-19(10-12-20)26(32)33-3)25-24(23-8-4-5-13-28-23)29-27(35)30(25)16-21-7-6-14-34-21/h4-5,8-13,15,21,24-25H,6-7,14,16H2,1-3H3,(H,29,35)/t21-,24-,25-/m0/s1. The molecule has 0 spiro atoms. The molecule has 2 aliphatic heterocycles. The first kappa shape index (κ1) is 23.5. The zero-order valence-corrected chi connectivity index (χ0v) is 21.0. The highest BCUT2D eigenvalue weighted by molar-refractivity contribution is 7.80.